The van der Waals surface area contributed by atoms with E-state index in [9.17, 15) is 14.4 Å². The van der Waals surface area contributed by atoms with Gasteiger partial charge in [0, 0.05) is 18.6 Å². The van der Waals surface area contributed by atoms with Crippen molar-refractivity contribution in [3.63, 3.8) is 0 Å². The summed E-state index contributed by atoms with van der Waals surface area (Å²) in [5.74, 6) is -1.70. The highest BCUT2D eigenvalue weighted by atomic mass is 16.5. The smallest absolute Gasteiger partial charge is 0.246 e. The lowest BCUT2D eigenvalue weighted by atomic mass is 9.74. The minimum atomic E-state index is -1.09. The van der Waals surface area contributed by atoms with Crippen LogP contribution >= 0.6 is 0 Å². The third-order valence-electron chi connectivity index (χ3n) is 9.02. The van der Waals surface area contributed by atoms with Gasteiger partial charge in [-0.15, -0.1) is 0 Å². The Labute approximate surface area is 213 Å². The number of carbonyl (C=O) groups is 3. The van der Waals surface area contributed by atoms with E-state index >= 15 is 0 Å². The van der Waals surface area contributed by atoms with Gasteiger partial charge in [0.2, 0.25) is 17.7 Å². The molecule has 7 nitrogen and oxygen atoms in total. The number of hydrogen-bond acceptors (Lipinski definition) is 4. The third kappa shape index (κ3) is 4.05. The third-order valence-corrected chi connectivity index (χ3v) is 9.02. The zero-order valence-electron chi connectivity index (χ0n) is 20.9. The Kier molecular flexibility index (Phi) is 6.36. The number of amides is 3. The summed E-state index contributed by atoms with van der Waals surface area (Å²) < 4.78 is 6.47. The summed E-state index contributed by atoms with van der Waals surface area (Å²) in [7, 11) is 0. The van der Waals surface area contributed by atoms with Crippen LogP contribution in [0.3, 0.4) is 0 Å². The molecule has 7 heteroatoms. The molecule has 1 aromatic carbocycles. The fraction of sp³-hybridized carbons (Fsp3) is 0.621. The van der Waals surface area contributed by atoms with E-state index in [1.165, 1.54) is 12.8 Å². The van der Waals surface area contributed by atoms with Gasteiger partial charge < -0.3 is 20.3 Å². The fourth-order valence-corrected chi connectivity index (χ4v) is 7.29. The van der Waals surface area contributed by atoms with Gasteiger partial charge in [0.25, 0.3) is 0 Å². The van der Waals surface area contributed by atoms with E-state index in [-0.39, 0.29) is 29.8 Å². The van der Waals surface area contributed by atoms with Gasteiger partial charge in [-0.2, -0.15) is 0 Å². The number of nitrogens with one attached hydrogen (secondary N) is 2. The second-order valence-corrected chi connectivity index (χ2v) is 11.3. The molecule has 5 aliphatic rings. The fourth-order valence-electron chi connectivity index (χ4n) is 7.29. The second-order valence-electron chi connectivity index (χ2n) is 11.3. The molecule has 0 unspecified atom stereocenters. The van der Waals surface area contributed by atoms with Gasteiger partial charge in [-0.05, 0) is 31.2 Å². The molecule has 2 saturated heterocycles. The number of benzene rings is 1. The molecule has 5 atom stereocenters. The molecule has 3 heterocycles. The van der Waals surface area contributed by atoms with E-state index < -0.39 is 29.6 Å². The van der Waals surface area contributed by atoms with Crippen molar-refractivity contribution in [3.05, 3.63) is 48.0 Å². The largest absolute Gasteiger partial charge is 0.359 e. The first-order valence-corrected chi connectivity index (χ1v) is 13.9. The van der Waals surface area contributed by atoms with E-state index in [0.29, 0.717) is 6.54 Å². The molecular formula is C29H37N3O4. The lowest BCUT2D eigenvalue weighted by Crippen LogP contribution is -2.56. The van der Waals surface area contributed by atoms with E-state index in [4.69, 9.17) is 4.74 Å². The molecule has 4 fully saturated rings. The zero-order valence-corrected chi connectivity index (χ0v) is 20.9. The predicted octanol–water partition coefficient (Wildman–Crippen LogP) is 3.24. The Morgan fingerprint density at radius 3 is 2.14 bits per heavy atom. The number of rotatable bonds is 6. The van der Waals surface area contributed by atoms with Crippen LogP contribution in [0.5, 0.6) is 0 Å². The van der Waals surface area contributed by atoms with Gasteiger partial charge >= 0.3 is 0 Å². The van der Waals surface area contributed by atoms with Crippen molar-refractivity contribution in [2.75, 3.05) is 0 Å². The number of ether oxygens (including phenoxy) is 1. The molecule has 6 rings (SSSR count). The lowest BCUT2D eigenvalue weighted by molar-refractivity contribution is -0.142. The SMILES string of the molecule is O=C(NC1CCCCC1)[C@H]1[C@H]2C(=O)N(Cc3ccccc3)[C@@H](C(=O)NC3CCCCC3)[C@@]23C=C[C@H]1O3. The molecule has 0 radical (unpaired) electrons. The van der Waals surface area contributed by atoms with Crippen LogP contribution in [0.15, 0.2) is 42.5 Å². The van der Waals surface area contributed by atoms with Gasteiger partial charge in [-0.25, -0.2) is 0 Å². The number of carbonyl (C=O) groups excluding carboxylic acids is 3. The van der Waals surface area contributed by atoms with Crippen LogP contribution in [0.25, 0.3) is 0 Å². The average Bonchev–Trinajstić information content (AvgIpc) is 3.53. The van der Waals surface area contributed by atoms with Crippen LogP contribution in [0.1, 0.15) is 69.8 Å². The van der Waals surface area contributed by atoms with E-state index in [1.807, 2.05) is 42.5 Å². The lowest BCUT2D eigenvalue weighted by Gasteiger charge is -2.34. The normalized spacial score (nSPS) is 34.1. The highest BCUT2D eigenvalue weighted by molar-refractivity contribution is 6.00. The molecular weight excluding hydrogens is 454 g/mol. The molecule has 2 N–H and O–H groups in total. The molecule has 2 bridgehead atoms. The topological polar surface area (TPSA) is 87.7 Å². The van der Waals surface area contributed by atoms with Crippen molar-refractivity contribution in [2.45, 2.75) is 101 Å². The summed E-state index contributed by atoms with van der Waals surface area (Å²) in [6.07, 6.45) is 14.1. The molecule has 2 aliphatic carbocycles. The summed E-state index contributed by atoms with van der Waals surface area (Å²) in [6, 6.07) is 9.26. The summed E-state index contributed by atoms with van der Waals surface area (Å²) in [4.78, 5) is 43.1. The zero-order chi connectivity index (χ0) is 24.7. The average molecular weight is 492 g/mol. The van der Waals surface area contributed by atoms with Gasteiger partial charge in [0.05, 0.1) is 17.9 Å². The van der Waals surface area contributed by atoms with Gasteiger partial charge in [0.15, 0.2) is 0 Å². The predicted molar refractivity (Wildman–Crippen MR) is 135 cm³/mol. The second kappa shape index (κ2) is 9.66. The Morgan fingerprint density at radius 2 is 1.50 bits per heavy atom. The molecule has 3 aliphatic heterocycles. The summed E-state index contributed by atoms with van der Waals surface area (Å²) in [5.41, 5.74) is -0.136. The Hall–Kier alpha value is -2.67. The van der Waals surface area contributed by atoms with Gasteiger partial charge in [-0.3, -0.25) is 14.4 Å². The highest BCUT2D eigenvalue weighted by Crippen LogP contribution is 2.55. The first-order valence-electron chi connectivity index (χ1n) is 13.9. The van der Waals surface area contributed by atoms with Crippen LogP contribution in [0.4, 0.5) is 0 Å². The molecule has 2 saturated carbocycles. The summed E-state index contributed by atoms with van der Waals surface area (Å²) >= 11 is 0. The Bertz CT molecular complexity index is 1030. The first kappa shape index (κ1) is 23.7. The van der Waals surface area contributed by atoms with Crippen molar-refractivity contribution in [1.29, 1.82) is 0 Å². The van der Waals surface area contributed by atoms with E-state index in [1.54, 1.807) is 4.90 Å². The minimum absolute atomic E-state index is 0.107. The first-order chi connectivity index (χ1) is 17.6. The number of likely N-dealkylation sites (tertiary alicyclic amines) is 1. The van der Waals surface area contributed by atoms with Crippen molar-refractivity contribution >= 4 is 17.7 Å². The maximum Gasteiger partial charge on any atom is 0.246 e. The summed E-state index contributed by atoms with van der Waals surface area (Å²) in [6.45, 7) is 0.319. The number of nitrogens with zero attached hydrogens (tertiary/aromatic N) is 1. The number of hydrogen-bond donors (Lipinski definition) is 2. The van der Waals surface area contributed by atoms with Crippen LogP contribution in [0, 0.1) is 11.8 Å². The molecule has 192 valence electrons. The minimum Gasteiger partial charge on any atom is -0.359 e. The van der Waals surface area contributed by atoms with E-state index in [2.05, 4.69) is 10.6 Å². The van der Waals surface area contributed by atoms with Crippen LogP contribution in [0.2, 0.25) is 0 Å². The van der Waals surface area contributed by atoms with Crippen molar-refractivity contribution in [3.8, 4) is 0 Å². The molecule has 3 amide bonds. The molecule has 1 aromatic rings. The van der Waals surface area contributed by atoms with Crippen molar-refractivity contribution in [2.24, 2.45) is 11.8 Å². The van der Waals surface area contributed by atoms with Crippen molar-refractivity contribution < 1.29 is 19.1 Å². The molecule has 0 aromatic heterocycles. The molecule has 36 heavy (non-hydrogen) atoms. The Balaban J connectivity index is 1.30. The van der Waals surface area contributed by atoms with Crippen LogP contribution in [-0.4, -0.2) is 52.5 Å². The van der Waals surface area contributed by atoms with Crippen LogP contribution in [-0.2, 0) is 25.7 Å². The van der Waals surface area contributed by atoms with Gasteiger partial charge in [-0.1, -0.05) is 81.0 Å². The monoisotopic (exact) mass is 491 g/mol. The quantitative estimate of drug-likeness (QED) is 0.598. The van der Waals surface area contributed by atoms with Gasteiger partial charge in [0.1, 0.15) is 11.6 Å². The number of fused-ring (bicyclic) bond motifs is 1. The highest BCUT2D eigenvalue weighted by Gasteiger charge is 2.72. The standard InChI is InChI=1S/C29H37N3O4/c33-26(30-20-12-6-2-7-13-20)23-22-16-17-29(36-22)24(23)28(35)32(18-19-10-4-1-5-11-19)25(29)27(34)31-21-14-8-3-9-15-21/h1,4-5,10-11,16-17,20-25H,2-3,6-9,12-15,18H2,(H,30,33)(H,31,34)/t22-,23-,24+,25+,29-/m1/s1. The maximum atomic E-state index is 14.0. The molecule has 1 spiro atoms. The van der Waals surface area contributed by atoms with Crippen molar-refractivity contribution in [1.82, 2.24) is 15.5 Å². The Morgan fingerprint density at radius 1 is 0.889 bits per heavy atom. The maximum absolute atomic E-state index is 14.0. The summed E-state index contributed by atoms with van der Waals surface area (Å²) in [5, 5.41) is 6.48. The van der Waals surface area contributed by atoms with E-state index in [0.717, 1.165) is 56.9 Å². The van der Waals surface area contributed by atoms with Crippen LogP contribution < -0.4 is 10.6 Å².